The molecule has 1 aliphatic carbocycles. The van der Waals surface area contributed by atoms with Crippen LogP contribution in [0.1, 0.15) is 40.0 Å². The summed E-state index contributed by atoms with van der Waals surface area (Å²) in [6.07, 6.45) is -3.78. The Labute approximate surface area is 183 Å². The van der Waals surface area contributed by atoms with Crippen LogP contribution in [0.3, 0.4) is 0 Å². The SMILES string of the molecule is CCOc1cc2c(cc1OC)C(NC(=O)C(F)(F)F)/C(=C/Nc1ccc(C)c(C)c1)C2=O. The van der Waals surface area contributed by atoms with Crippen molar-refractivity contribution < 1.29 is 32.2 Å². The number of benzene rings is 2. The molecule has 2 N–H and O–H groups in total. The summed E-state index contributed by atoms with van der Waals surface area (Å²) >= 11 is 0. The number of hydrogen-bond donors (Lipinski definition) is 2. The number of aryl methyl sites for hydroxylation is 2. The molecule has 2 aromatic carbocycles. The third-order valence-electron chi connectivity index (χ3n) is 5.20. The van der Waals surface area contributed by atoms with Crippen LogP contribution in [-0.2, 0) is 4.79 Å². The van der Waals surface area contributed by atoms with E-state index in [2.05, 4.69) is 5.32 Å². The van der Waals surface area contributed by atoms with Crippen LogP contribution in [0.15, 0.2) is 42.1 Å². The van der Waals surface area contributed by atoms with Gasteiger partial charge < -0.3 is 20.1 Å². The van der Waals surface area contributed by atoms with Gasteiger partial charge in [0, 0.05) is 23.0 Å². The molecule has 0 saturated carbocycles. The molecule has 0 bridgehead atoms. The summed E-state index contributed by atoms with van der Waals surface area (Å²) < 4.78 is 49.7. The molecule has 32 heavy (non-hydrogen) atoms. The van der Waals surface area contributed by atoms with Gasteiger partial charge in [-0.2, -0.15) is 13.2 Å². The highest BCUT2D eigenvalue weighted by atomic mass is 19.4. The van der Waals surface area contributed by atoms with Crippen LogP contribution in [0.2, 0.25) is 0 Å². The van der Waals surface area contributed by atoms with Gasteiger partial charge in [0.2, 0.25) is 0 Å². The van der Waals surface area contributed by atoms with E-state index < -0.39 is 23.9 Å². The number of ether oxygens (including phenoxy) is 2. The van der Waals surface area contributed by atoms with Crippen LogP contribution in [-0.4, -0.2) is 31.6 Å². The molecule has 1 unspecified atom stereocenters. The minimum atomic E-state index is -5.10. The van der Waals surface area contributed by atoms with Crippen molar-refractivity contribution in [3.05, 3.63) is 64.4 Å². The molecule has 0 heterocycles. The second-order valence-corrected chi connectivity index (χ2v) is 7.30. The number of ketones is 1. The van der Waals surface area contributed by atoms with Crippen molar-refractivity contribution in [3.63, 3.8) is 0 Å². The van der Waals surface area contributed by atoms with Gasteiger partial charge in [-0.15, -0.1) is 0 Å². The quantitative estimate of drug-likeness (QED) is 0.631. The smallest absolute Gasteiger partial charge is 0.471 e. The zero-order valence-corrected chi connectivity index (χ0v) is 18.0. The average Bonchev–Trinajstić information content (AvgIpc) is 2.98. The minimum Gasteiger partial charge on any atom is -0.493 e. The van der Waals surface area contributed by atoms with E-state index in [4.69, 9.17) is 9.47 Å². The summed E-state index contributed by atoms with van der Waals surface area (Å²) in [6, 6.07) is 7.03. The monoisotopic (exact) mass is 448 g/mol. The number of alkyl halides is 3. The Morgan fingerprint density at radius 3 is 2.44 bits per heavy atom. The molecule has 0 aliphatic heterocycles. The number of nitrogens with one attached hydrogen (secondary N) is 2. The first kappa shape index (κ1) is 23.2. The zero-order chi connectivity index (χ0) is 23.6. The van der Waals surface area contributed by atoms with Crippen LogP contribution < -0.4 is 20.1 Å². The number of anilines is 1. The van der Waals surface area contributed by atoms with Crippen LogP contribution in [0.4, 0.5) is 18.9 Å². The first-order chi connectivity index (χ1) is 15.1. The van der Waals surface area contributed by atoms with Crippen LogP contribution in [0, 0.1) is 13.8 Å². The number of amides is 1. The molecule has 0 saturated heterocycles. The lowest BCUT2D eigenvalue weighted by atomic mass is 10.1. The third kappa shape index (κ3) is 4.56. The van der Waals surface area contributed by atoms with E-state index in [0.717, 1.165) is 11.1 Å². The fourth-order valence-corrected chi connectivity index (χ4v) is 3.40. The Hall–Kier alpha value is -3.49. The highest BCUT2D eigenvalue weighted by Crippen LogP contribution is 2.42. The van der Waals surface area contributed by atoms with E-state index >= 15 is 0 Å². The van der Waals surface area contributed by atoms with Crippen molar-refractivity contribution in [3.8, 4) is 11.5 Å². The van der Waals surface area contributed by atoms with Gasteiger partial charge >= 0.3 is 12.1 Å². The largest absolute Gasteiger partial charge is 0.493 e. The molecular formula is C23H23F3N2O4. The fourth-order valence-electron chi connectivity index (χ4n) is 3.40. The number of halogens is 3. The Kier molecular flexibility index (Phi) is 6.47. The number of methoxy groups -OCH3 is 1. The molecule has 1 aliphatic rings. The van der Waals surface area contributed by atoms with Crippen molar-refractivity contribution in [1.82, 2.24) is 5.32 Å². The third-order valence-corrected chi connectivity index (χ3v) is 5.20. The molecule has 170 valence electrons. The van der Waals surface area contributed by atoms with Gasteiger partial charge in [-0.25, -0.2) is 0 Å². The van der Waals surface area contributed by atoms with Crippen LogP contribution >= 0.6 is 0 Å². The predicted molar refractivity (Wildman–Crippen MR) is 113 cm³/mol. The molecule has 0 spiro atoms. The van der Waals surface area contributed by atoms with Crippen molar-refractivity contribution in [2.45, 2.75) is 33.0 Å². The standard InChI is InChI=1S/C23H23F3N2O4/c1-5-32-19-10-16-15(9-18(19)31-4)20(28-22(30)23(24,25)26)17(21(16)29)11-27-14-7-6-12(2)13(3)8-14/h6-11,20,27H,5H2,1-4H3,(H,28,30)/b17-11-. The molecule has 3 rings (SSSR count). The van der Waals surface area contributed by atoms with Crippen LogP contribution in [0.5, 0.6) is 11.5 Å². The molecule has 1 amide bonds. The van der Waals surface area contributed by atoms with Gasteiger partial charge in [-0.1, -0.05) is 6.07 Å². The molecule has 9 heteroatoms. The van der Waals surface area contributed by atoms with E-state index in [1.165, 1.54) is 25.4 Å². The highest BCUT2D eigenvalue weighted by Gasteiger charge is 2.44. The number of rotatable bonds is 6. The average molecular weight is 448 g/mol. The van der Waals surface area contributed by atoms with Gasteiger partial charge in [-0.3, -0.25) is 9.59 Å². The maximum Gasteiger partial charge on any atom is 0.471 e. The van der Waals surface area contributed by atoms with E-state index in [1.54, 1.807) is 13.0 Å². The van der Waals surface area contributed by atoms with Crippen LogP contribution in [0.25, 0.3) is 0 Å². The van der Waals surface area contributed by atoms with Gasteiger partial charge in [0.15, 0.2) is 17.3 Å². The molecule has 0 aromatic heterocycles. The lowest BCUT2D eigenvalue weighted by molar-refractivity contribution is -0.174. The number of Topliss-reactive ketones (excluding diaryl/α,β-unsaturated/α-hetero) is 1. The van der Waals surface area contributed by atoms with Crippen molar-refractivity contribution in [2.75, 3.05) is 19.0 Å². The number of carbonyl (C=O) groups excluding carboxylic acids is 2. The summed E-state index contributed by atoms with van der Waals surface area (Å²) in [4.78, 5) is 24.8. The molecule has 6 nitrogen and oxygen atoms in total. The Morgan fingerprint density at radius 1 is 1.12 bits per heavy atom. The maximum atomic E-state index is 13.1. The van der Waals surface area contributed by atoms with Gasteiger partial charge in [-0.05, 0) is 61.7 Å². The van der Waals surface area contributed by atoms with Crippen molar-refractivity contribution in [2.24, 2.45) is 0 Å². The first-order valence-electron chi connectivity index (χ1n) is 9.87. The summed E-state index contributed by atoms with van der Waals surface area (Å²) in [7, 11) is 1.38. The second kappa shape index (κ2) is 8.94. The molecule has 0 fully saturated rings. The molecule has 1 atom stereocenters. The predicted octanol–water partition coefficient (Wildman–Crippen LogP) is 4.62. The summed E-state index contributed by atoms with van der Waals surface area (Å²) in [5, 5.41) is 4.88. The van der Waals surface area contributed by atoms with E-state index in [0.29, 0.717) is 12.3 Å². The highest BCUT2D eigenvalue weighted by molar-refractivity contribution is 6.15. The lowest BCUT2D eigenvalue weighted by Gasteiger charge is -2.18. The second-order valence-electron chi connectivity index (χ2n) is 7.30. The van der Waals surface area contributed by atoms with Gasteiger partial charge in [0.1, 0.15) is 0 Å². The lowest BCUT2D eigenvalue weighted by Crippen LogP contribution is -2.39. The van der Waals surface area contributed by atoms with E-state index in [9.17, 15) is 22.8 Å². The summed E-state index contributed by atoms with van der Waals surface area (Å²) in [5.74, 6) is -2.14. The van der Waals surface area contributed by atoms with Crippen molar-refractivity contribution in [1.29, 1.82) is 0 Å². The fraction of sp³-hybridized carbons (Fsp3) is 0.304. The Balaban J connectivity index is 2.05. The molecular weight excluding hydrogens is 425 g/mol. The zero-order valence-electron chi connectivity index (χ0n) is 18.0. The maximum absolute atomic E-state index is 13.1. The van der Waals surface area contributed by atoms with E-state index in [1.807, 2.05) is 31.3 Å². The first-order valence-corrected chi connectivity index (χ1v) is 9.87. The summed E-state index contributed by atoms with van der Waals surface area (Å²) in [6.45, 7) is 5.91. The molecule has 2 aromatic rings. The topological polar surface area (TPSA) is 76.7 Å². The normalized spacial score (nSPS) is 16.7. The van der Waals surface area contributed by atoms with Crippen molar-refractivity contribution >= 4 is 17.4 Å². The number of carbonyl (C=O) groups is 2. The summed E-state index contributed by atoms with van der Waals surface area (Å²) in [5.41, 5.74) is 3.01. The molecule has 0 radical (unpaired) electrons. The Bertz CT molecular complexity index is 1090. The van der Waals surface area contributed by atoms with Gasteiger partial charge in [0.05, 0.1) is 19.8 Å². The Morgan fingerprint density at radius 2 is 1.84 bits per heavy atom. The number of hydrogen-bond acceptors (Lipinski definition) is 5. The van der Waals surface area contributed by atoms with E-state index in [-0.39, 0.29) is 28.2 Å². The minimum absolute atomic E-state index is 0.0356. The number of fused-ring (bicyclic) bond motifs is 1. The van der Waals surface area contributed by atoms with Gasteiger partial charge in [0.25, 0.3) is 0 Å².